The Balaban J connectivity index is 1.47. The van der Waals surface area contributed by atoms with E-state index in [0.717, 1.165) is 55.6 Å². The Labute approximate surface area is 168 Å². The summed E-state index contributed by atoms with van der Waals surface area (Å²) in [6.07, 6.45) is 11.4. The van der Waals surface area contributed by atoms with Gasteiger partial charge >= 0.3 is 0 Å². The number of allylic oxidation sites excluding steroid dienone is 1. The van der Waals surface area contributed by atoms with Crippen LogP contribution in [0, 0.1) is 35.5 Å². The number of aliphatic hydroxyl groups excluding tert-OH is 2. The molecule has 4 aliphatic carbocycles. The number of rotatable bonds is 1. The van der Waals surface area contributed by atoms with Crippen molar-refractivity contribution in [2.24, 2.45) is 28.6 Å². The Morgan fingerprint density at radius 2 is 1.89 bits per heavy atom. The SMILES string of the molecule is Cc1ccc(/C=C2/C[C@@H]3[C@H]4CC=C5C[C@@H](O)CC[C@]5(C)[C@@H]4CC[C@@]3(C)[C@H]2O)o1. The second kappa shape index (κ2) is 6.34. The van der Waals surface area contributed by atoms with Gasteiger partial charge in [-0.25, -0.2) is 0 Å². The van der Waals surface area contributed by atoms with Crippen LogP contribution in [0.5, 0.6) is 0 Å². The maximum Gasteiger partial charge on any atom is 0.127 e. The molecule has 0 amide bonds. The fourth-order valence-electron chi connectivity index (χ4n) is 7.35. The molecule has 152 valence electrons. The number of furan rings is 1. The quantitative estimate of drug-likeness (QED) is 0.651. The monoisotopic (exact) mass is 382 g/mol. The fourth-order valence-corrected chi connectivity index (χ4v) is 7.35. The molecule has 4 aliphatic rings. The molecule has 0 aromatic carbocycles. The maximum absolute atomic E-state index is 11.3. The van der Waals surface area contributed by atoms with Gasteiger partial charge in [0.1, 0.15) is 11.5 Å². The molecule has 0 unspecified atom stereocenters. The van der Waals surface area contributed by atoms with Gasteiger partial charge in [-0.1, -0.05) is 25.5 Å². The van der Waals surface area contributed by atoms with Gasteiger partial charge in [-0.2, -0.15) is 0 Å². The predicted molar refractivity (Wildman–Crippen MR) is 111 cm³/mol. The molecular formula is C25H34O3. The lowest BCUT2D eigenvalue weighted by Gasteiger charge is -2.57. The maximum atomic E-state index is 11.3. The van der Waals surface area contributed by atoms with Crippen molar-refractivity contribution in [3.63, 3.8) is 0 Å². The molecule has 3 fully saturated rings. The topological polar surface area (TPSA) is 53.6 Å². The van der Waals surface area contributed by atoms with E-state index in [2.05, 4.69) is 26.0 Å². The van der Waals surface area contributed by atoms with Crippen molar-refractivity contribution in [1.29, 1.82) is 0 Å². The predicted octanol–water partition coefficient (Wildman–Crippen LogP) is 5.27. The van der Waals surface area contributed by atoms with E-state index >= 15 is 0 Å². The van der Waals surface area contributed by atoms with E-state index in [1.807, 2.05) is 19.1 Å². The van der Waals surface area contributed by atoms with E-state index in [9.17, 15) is 10.2 Å². The normalized spacial score (nSPS) is 46.7. The lowest BCUT2D eigenvalue weighted by atomic mass is 9.48. The van der Waals surface area contributed by atoms with Crippen LogP contribution in [0.4, 0.5) is 0 Å². The van der Waals surface area contributed by atoms with Crippen molar-refractivity contribution in [2.75, 3.05) is 0 Å². The van der Waals surface area contributed by atoms with E-state index in [1.54, 1.807) is 0 Å². The zero-order valence-electron chi connectivity index (χ0n) is 17.4. The summed E-state index contributed by atoms with van der Waals surface area (Å²) in [5.74, 6) is 3.65. The van der Waals surface area contributed by atoms with E-state index in [-0.39, 0.29) is 23.0 Å². The third-order valence-electron chi connectivity index (χ3n) is 9.04. The number of fused-ring (bicyclic) bond motifs is 5. The van der Waals surface area contributed by atoms with Crippen LogP contribution in [0.15, 0.2) is 33.8 Å². The van der Waals surface area contributed by atoms with Gasteiger partial charge in [0, 0.05) is 5.41 Å². The first-order chi connectivity index (χ1) is 13.3. The molecule has 3 saturated carbocycles. The molecule has 0 radical (unpaired) electrons. The van der Waals surface area contributed by atoms with Gasteiger partial charge in [-0.3, -0.25) is 0 Å². The summed E-state index contributed by atoms with van der Waals surface area (Å²) < 4.78 is 5.76. The molecule has 0 saturated heterocycles. The van der Waals surface area contributed by atoms with Crippen molar-refractivity contribution >= 4 is 6.08 Å². The Bertz CT molecular complexity index is 833. The molecule has 0 bridgehead atoms. The lowest BCUT2D eigenvalue weighted by molar-refractivity contribution is -0.0685. The van der Waals surface area contributed by atoms with Crippen LogP contribution in [0.3, 0.4) is 0 Å². The van der Waals surface area contributed by atoms with Crippen LogP contribution in [-0.2, 0) is 0 Å². The number of hydrogen-bond donors (Lipinski definition) is 2. The zero-order chi connectivity index (χ0) is 19.7. The molecule has 0 aliphatic heterocycles. The van der Waals surface area contributed by atoms with Crippen molar-refractivity contribution in [3.8, 4) is 0 Å². The minimum Gasteiger partial charge on any atom is -0.462 e. The Morgan fingerprint density at radius 3 is 2.64 bits per heavy atom. The molecule has 1 heterocycles. The summed E-state index contributed by atoms with van der Waals surface area (Å²) in [5, 5.41) is 21.4. The zero-order valence-corrected chi connectivity index (χ0v) is 17.4. The highest BCUT2D eigenvalue weighted by Crippen LogP contribution is 2.65. The van der Waals surface area contributed by atoms with Crippen LogP contribution in [-0.4, -0.2) is 22.4 Å². The van der Waals surface area contributed by atoms with Gasteiger partial charge in [0.2, 0.25) is 0 Å². The number of hydrogen-bond acceptors (Lipinski definition) is 3. The highest BCUT2D eigenvalue weighted by molar-refractivity contribution is 5.51. The van der Waals surface area contributed by atoms with Gasteiger partial charge in [0.15, 0.2) is 0 Å². The second-order valence-corrected chi connectivity index (χ2v) is 10.5. The standard InChI is InChI=1S/C25H34O3/c1-15-4-6-19(28-15)12-16-13-22-20-7-5-17-14-18(26)8-10-24(17,2)21(20)9-11-25(22,3)23(16)27/h4-6,12,18,20-23,26-27H,7-11,13-14H2,1-3H3/b16-12-/t18-,20-,21+,22+,23-,24-,25+/m0/s1. The summed E-state index contributed by atoms with van der Waals surface area (Å²) >= 11 is 0. The van der Waals surface area contributed by atoms with Crippen LogP contribution in [0.2, 0.25) is 0 Å². The first-order valence-corrected chi connectivity index (χ1v) is 11.1. The molecule has 1 aromatic rings. The molecule has 3 nitrogen and oxygen atoms in total. The Hall–Kier alpha value is -1.32. The van der Waals surface area contributed by atoms with Crippen LogP contribution in [0.1, 0.15) is 70.3 Å². The summed E-state index contributed by atoms with van der Waals surface area (Å²) in [6.45, 7) is 6.74. The molecule has 0 spiro atoms. The third kappa shape index (κ3) is 2.62. The number of aliphatic hydroxyl groups is 2. The largest absolute Gasteiger partial charge is 0.462 e. The molecule has 1 aromatic heterocycles. The van der Waals surface area contributed by atoms with Crippen molar-refractivity contribution in [3.05, 3.63) is 40.9 Å². The van der Waals surface area contributed by atoms with E-state index in [4.69, 9.17) is 4.42 Å². The van der Waals surface area contributed by atoms with Crippen molar-refractivity contribution in [1.82, 2.24) is 0 Å². The van der Waals surface area contributed by atoms with E-state index in [0.29, 0.717) is 17.8 Å². The average Bonchev–Trinajstić information content (AvgIpc) is 3.18. The van der Waals surface area contributed by atoms with Crippen LogP contribution < -0.4 is 0 Å². The molecule has 5 rings (SSSR count). The number of aryl methyl sites for hydroxylation is 1. The third-order valence-corrected chi connectivity index (χ3v) is 9.04. The molecular weight excluding hydrogens is 348 g/mol. The minimum absolute atomic E-state index is 0.0233. The molecule has 28 heavy (non-hydrogen) atoms. The Morgan fingerprint density at radius 1 is 1.07 bits per heavy atom. The second-order valence-electron chi connectivity index (χ2n) is 10.5. The average molecular weight is 383 g/mol. The van der Waals surface area contributed by atoms with E-state index in [1.165, 1.54) is 12.0 Å². The summed E-state index contributed by atoms with van der Waals surface area (Å²) in [5.41, 5.74) is 2.89. The van der Waals surface area contributed by atoms with Crippen LogP contribution in [0.25, 0.3) is 6.08 Å². The van der Waals surface area contributed by atoms with Gasteiger partial charge in [0.05, 0.1) is 12.2 Å². The van der Waals surface area contributed by atoms with Crippen LogP contribution >= 0.6 is 0 Å². The Kier molecular flexibility index (Phi) is 4.23. The van der Waals surface area contributed by atoms with Gasteiger partial charge in [-0.05, 0) is 98.8 Å². The molecule has 7 atom stereocenters. The fraction of sp³-hybridized carbons (Fsp3) is 0.680. The molecule has 2 N–H and O–H groups in total. The first kappa shape index (κ1) is 18.7. The summed E-state index contributed by atoms with van der Waals surface area (Å²) in [6, 6.07) is 4.00. The van der Waals surface area contributed by atoms with Gasteiger partial charge in [-0.15, -0.1) is 0 Å². The highest BCUT2D eigenvalue weighted by atomic mass is 16.3. The minimum atomic E-state index is -0.366. The summed E-state index contributed by atoms with van der Waals surface area (Å²) in [4.78, 5) is 0. The van der Waals surface area contributed by atoms with Gasteiger partial charge < -0.3 is 14.6 Å². The van der Waals surface area contributed by atoms with Crippen molar-refractivity contribution < 1.29 is 14.6 Å². The smallest absolute Gasteiger partial charge is 0.127 e. The molecule has 3 heteroatoms. The van der Waals surface area contributed by atoms with E-state index < -0.39 is 0 Å². The summed E-state index contributed by atoms with van der Waals surface area (Å²) in [7, 11) is 0. The first-order valence-electron chi connectivity index (χ1n) is 11.1. The van der Waals surface area contributed by atoms with Gasteiger partial charge in [0.25, 0.3) is 0 Å². The highest BCUT2D eigenvalue weighted by Gasteiger charge is 2.59. The van der Waals surface area contributed by atoms with Crippen molar-refractivity contribution in [2.45, 2.75) is 77.9 Å². The lowest BCUT2D eigenvalue weighted by Crippen LogP contribution is -2.51.